The summed E-state index contributed by atoms with van der Waals surface area (Å²) in [7, 11) is 0. The predicted molar refractivity (Wildman–Crippen MR) is 121 cm³/mol. The Labute approximate surface area is 199 Å². The summed E-state index contributed by atoms with van der Waals surface area (Å²) in [6, 6.07) is 5.50. The minimum Gasteiger partial charge on any atom is -0.236 e. The van der Waals surface area contributed by atoms with E-state index in [0.29, 0.717) is 17.3 Å². The Morgan fingerprint density at radius 3 is 2.00 bits per heavy atom. The molecule has 1 aliphatic rings. The van der Waals surface area contributed by atoms with Gasteiger partial charge < -0.3 is 0 Å². The average molecular weight is 488 g/mol. The largest absolute Gasteiger partial charge is 0.458 e. The molecule has 2 nitrogen and oxygen atoms in total. The van der Waals surface area contributed by atoms with Gasteiger partial charge in [-0.05, 0) is 66.8 Å². The van der Waals surface area contributed by atoms with E-state index >= 15 is 0 Å². The van der Waals surface area contributed by atoms with Crippen LogP contribution < -0.4 is 0 Å². The Hall–Kier alpha value is -3.34. The van der Waals surface area contributed by atoms with E-state index in [9.17, 15) is 26.3 Å². The van der Waals surface area contributed by atoms with Crippen molar-refractivity contribution in [1.82, 2.24) is 9.97 Å². The highest BCUT2D eigenvalue weighted by molar-refractivity contribution is 5.69. The number of benzene rings is 2. The molecule has 0 spiro atoms. The van der Waals surface area contributed by atoms with Gasteiger partial charge in [-0.15, -0.1) is 0 Å². The minimum absolute atomic E-state index is 0.119. The second-order valence-electron chi connectivity index (χ2n) is 8.72. The van der Waals surface area contributed by atoms with Crippen LogP contribution in [0.5, 0.6) is 0 Å². The zero-order chi connectivity index (χ0) is 25.2. The molecule has 4 rings (SSSR count). The molecule has 0 N–H and O–H groups in total. The van der Waals surface area contributed by atoms with E-state index in [4.69, 9.17) is 0 Å². The molecule has 1 fully saturated rings. The molecule has 1 aromatic heterocycles. The van der Waals surface area contributed by atoms with Crippen LogP contribution in [-0.2, 0) is 0 Å². The van der Waals surface area contributed by atoms with E-state index in [0.717, 1.165) is 48.4 Å². The van der Waals surface area contributed by atoms with Crippen LogP contribution in [0, 0.1) is 35.2 Å². The average Bonchev–Trinajstić information content (AvgIpc) is 2.83. The van der Waals surface area contributed by atoms with Crippen LogP contribution in [0.2, 0.25) is 0 Å². The van der Waals surface area contributed by atoms with Crippen LogP contribution in [0.3, 0.4) is 0 Å². The molecule has 2 aromatic carbocycles. The number of aromatic nitrogens is 2. The SMILES string of the molecule is CCC1CCC(c2cnc(-c3ccc(-c4cc(F)c(C#CC(F)(F)F)c(F)c4)c(F)c3)nc2)CC1. The lowest BCUT2D eigenvalue weighted by Crippen LogP contribution is -2.13. The second-order valence-corrected chi connectivity index (χ2v) is 8.72. The molecule has 0 aliphatic heterocycles. The highest BCUT2D eigenvalue weighted by Crippen LogP contribution is 2.37. The molecular formula is C27H22F6N2. The Morgan fingerprint density at radius 1 is 0.857 bits per heavy atom. The molecule has 182 valence electrons. The van der Waals surface area contributed by atoms with Gasteiger partial charge in [0.1, 0.15) is 17.5 Å². The number of nitrogens with zero attached hydrogens (tertiary/aromatic N) is 2. The van der Waals surface area contributed by atoms with E-state index in [2.05, 4.69) is 16.9 Å². The first-order chi connectivity index (χ1) is 16.6. The molecule has 0 atom stereocenters. The predicted octanol–water partition coefficient (Wildman–Crippen LogP) is 7.83. The summed E-state index contributed by atoms with van der Waals surface area (Å²) < 4.78 is 80.0. The van der Waals surface area contributed by atoms with Crippen LogP contribution in [-0.4, -0.2) is 16.1 Å². The maximum absolute atomic E-state index is 14.9. The lowest BCUT2D eigenvalue weighted by Gasteiger charge is -2.27. The quantitative estimate of drug-likeness (QED) is 0.276. The van der Waals surface area contributed by atoms with Crippen molar-refractivity contribution >= 4 is 0 Å². The Bertz CT molecular complexity index is 1240. The smallest absolute Gasteiger partial charge is 0.236 e. The summed E-state index contributed by atoms with van der Waals surface area (Å²) in [5, 5.41) is 0. The third kappa shape index (κ3) is 5.84. The van der Waals surface area contributed by atoms with Crippen LogP contribution in [0.4, 0.5) is 26.3 Å². The van der Waals surface area contributed by atoms with Gasteiger partial charge in [0.15, 0.2) is 5.82 Å². The van der Waals surface area contributed by atoms with Crippen molar-refractivity contribution in [2.75, 3.05) is 0 Å². The van der Waals surface area contributed by atoms with Crippen molar-refractivity contribution in [1.29, 1.82) is 0 Å². The zero-order valence-corrected chi connectivity index (χ0v) is 18.9. The fourth-order valence-corrected chi connectivity index (χ4v) is 4.47. The van der Waals surface area contributed by atoms with Gasteiger partial charge in [-0.3, -0.25) is 0 Å². The monoisotopic (exact) mass is 488 g/mol. The normalized spacial score (nSPS) is 18.1. The number of halogens is 6. The number of alkyl halides is 3. The molecule has 3 aromatic rings. The Kier molecular flexibility index (Phi) is 7.15. The molecular weight excluding hydrogens is 466 g/mol. The van der Waals surface area contributed by atoms with E-state index in [1.165, 1.54) is 37.3 Å². The molecule has 1 heterocycles. The maximum atomic E-state index is 14.9. The summed E-state index contributed by atoms with van der Waals surface area (Å²) in [5.41, 5.74) is 0.132. The van der Waals surface area contributed by atoms with Crippen molar-refractivity contribution in [2.45, 2.75) is 51.1 Å². The second kappa shape index (κ2) is 10.1. The first-order valence-corrected chi connectivity index (χ1v) is 11.4. The summed E-state index contributed by atoms with van der Waals surface area (Å²) in [5.74, 6) is 0.377. The molecule has 0 saturated heterocycles. The first-order valence-electron chi connectivity index (χ1n) is 11.4. The molecule has 0 amide bonds. The van der Waals surface area contributed by atoms with Crippen LogP contribution >= 0.6 is 0 Å². The molecule has 1 saturated carbocycles. The number of rotatable bonds is 4. The van der Waals surface area contributed by atoms with E-state index in [1.807, 2.05) is 0 Å². The fraction of sp³-hybridized carbons (Fsp3) is 0.333. The van der Waals surface area contributed by atoms with Gasteiger partial charge in [0.25, 0.3) is 0 Å². The van der Waals surface area contributed by atoms with Gasteiger partial charge in [0.05, 0.1) is 5.56 Å². The minimum atomic E-state index is -4.89. The standard InChI is InChI=1S/C27H22F6N2/c1-2-16-3-5-17(6-4-16)20-14-34-26(35-15-20)18-7-8-21(23(28)11-18)19-12-24(29)22(25(30)13-19)9-10-27(31,32)33/h7-8,11-17H,2-6H2,1H3. The first kappa shape index (κ1) is 24.8. The van der Waals surface area contributed by atoms with Crippen molar-refractivity contribution in [2.24, 2.45) is 5.92 Å². The van der Waals surface area contributed by atoms with E-state index in [1.54, 1.807) is 12.4 Å². The topological polar surface area (TPSA) is 25.8 Å². The summed E-state index contributed by atoms with van der Waals surface area (Å²) in [6.45, 7) is 2.21. The van der Waals surface area contributed by atoms with Gasteiger partial charge in [-0.25, -0.2) is 23.1 Å². The molecule has 1 aliphatic carbocycles. The zero-order valence-electron chi connectivity index (χ0n) is 18.9. The van der Waals surface area contributed by atoms with Gasteiger partial charge >= 0.3 is 6.18 Å². The lowest BCUT2D eigenvalue weighted by atomic mass is 9.78. The highest BCUT2D eigenvalue weighted by Gasteiger charge is 2.24. The van der Waals surface area contributed by atoms with Crippen LogP contribution in [0.15, 0.2) is 42.7 Å². The van der Waals surface area contributed by atoms with E-state index in [-0.39, 0.29) is 11.1 Å². The summed E-state index contributed by atoms with van der Waals surface area (Å²) in [6.07, 6.45) is 4.39. The molecule has 0 bridgehead atoms. The summed E-state index contributed by atoms with van der Waals surface area (Å²) >= 11 is 0. The third-order valence-electron chi connectivity index (χ3n) is 6.48. The molecule has 8 heteroatoms. The lowest BCUT2D eigenvalue weighted by molar-refractivity contribution is -0.0696. The van der Waals surface area contributed by atoms with Gasteiger partial charge in [-0.2, -0.15) is 13.2 Å². The van der Waals surface area contributed by atoms with Crippen LogP contribution in [0.25, 0.3) is 22.5 Å². The van der Waals surface area contributed by atoms with Crippen molar-refractivity contribution < 1.29 is 26.3 Å². The van der Waals surface area contributed by atoms with Crippen molar-refractivity contribution in [3.05, 3.63) is 71.3 Å². The molecule has 35 heavy (non-hydrogen) atoms. The highest BCUT2D eigenvalue weighted by atomic mass is 19.4. The maximum Gasteiger partial charge on any atom is 0.458 e. The van der Waals surface area contributed by atoms with Gasteiger partial charge in [-0.1, -0.05) is 31.4 Å². The summed E-state index contributed by atoms with van der Waals surface area (Å²) in [4.78, 5) is 8.76. The fourth-order valence-electron chi connectivity index (χ4n) is 4.47. The van der Waals surface area contributed by atoms with Crippen molar-refractivity contribution in [3.63, 3.8) is 0 Å². The van der Waals surface area contributed by atoms with Gasteiger partial charge in [0, 0.05) is 29.4 Å². The Balaban J connectivity index is 1.55. The van der Waals surface area contributed by atoms with E-state index < -0.39 is 29.2 Å². The van der Waals surface area contributed by atoms with Gasteiger partial charge in [0.2, 0.25) is 0 Å². The van der Waals surface area contributed by atoms with Crippen LogP contribution in [0.1, 0.15) is 56.1 Å². The molecule has 0 unspecified atom stereocenters. The number of hydrogen-bond acceptors (Lipinski definition) is 2. The molecule has 0 radical (unpaired) electrons. The Morgan fingerprint density at radius 2 is 1.46 bits per heavy atom. The number of hydrogen-bond donors (Lipinski definition) is 0. The third-order valence-corrected chi connectivity index (χ3v) is 6.48. The van der Waals surface area contributed by atoms with Crippen molar-refractivity contribution in [3.8, 4) is 34.4 Å².